The van der Waals surface area contributed by atoms with Gasteiger partial charge in [-0.25, -0.2) is 4.79 Å². The number of carbonyl (C=O) groups is 2. The van der Waals surface area contributed by atoms with Crippen molar-refractivity contribution >= 4 is 24.7 Å². The number of unbranched alkanes of at least 4 members (excludes halogenated alkanes) is 1. The molecule has 182 valence electrons. The van der Waals surface area contributed by atoms with Gasteiger partial charge < -0.3 is 36.2 Å². The monoisotopic (exact) mass is 461 g/mol. The molecular formula is C23H36BN3O6. The molecule has 1 heterocycles. The standard InChI is InChI=1S/C23H36BN3O6/c25-23(22(30)31,9-1-2-10-24(32)33)18-13-19(14-18)26-15-16-7-11-27(12-8-16)20-5-3-17(4-6-20)21(28)29/h3-6,16,18-19,26,32-33H,1-2,7-15,25H2,(H,28,29)(H,30,31)/t18?,19?,23-/m1/s1. The molecule has 1 saturated heterocycles. The first-order valence-electron chi connectivity index (χ1n) is 11.9. The van der Waals surface area contributed by atoms with Crippen molar-refractivity contribution in [2.75, 3.05) is 24.5 Å². The number of hydrogen-bond acceptors (Lipinski definition) is 7. The molecule has 9 nitrogen and oxygen atoms in total. The Balaban J connectivity index is 1.36. The molecule has 1 aliphatic heterocycles. The molecule has 10 heteroatoms. The third-order valence-corrected chi connectivity index (χ3v) is 7.36. The molecule has 0 bridgehead atoms. The Morgan fingerprint density at radius 1 is 1.09 bits per heavy atom. The SMILES string of the molecule is N[C@@](CCCCB(O)O)(C(=O)O)C1CC(NCC2CCN(c3ccc(C(=O)O)cc3)CC2)C1. The fourth-order valence-corrected chi connectivity index (χ4v) is 4.98. The van der Waals surface area contributed by atoms with Crippen molar-refractivity contribution in [3.8, 4) is 0 Å². The van der Waals surface area contributed by atoms with Gasteiger partial charge in [-0.1, -0.05) is 12.8 Å². The molecule has 0 amide bonds. The molecule has 2 aliphatic rings. The first-order valence-corrected chi connectivity index (χ1v) is 11.9. The van der Waals surface area contributed by atoms with Crippen LogP contribution in [0.4, 0.5) is 5.69 Å². The molecule has 0 spiro atoms. The van der Waals surface area contributed by atoms with Gasteiger partial charge in [0.25, 0.3) is 0 Å². The first-order chi connectivity index (χ1) is 15.7. The number of hydrogen-bond donors (Lipinski definition) is 6. The van der Waals surface area contributed by atoms with Gasteiger partial charge in [-0.05, 0) is 81.1 Å². The summed E-state index contributed by atoms with van der Waals surface area (Å²) in [6.07, 6.45) is 5.29. The second kappa shape index (κ2) is 11.3. The number of carboxylic acid groups (broad SMARTS) is 2. The highest BCUT2D eigenvalue weighted by Gasteiger charge is 2.48. The summed E-state index contributed by atoms with van der Waals surface area (Å²) in [7, 11) is -1.36. The lowest BCUT2D eigenvalue weighted by Crippen LogP contribution is -2.61. The van der Waals surface area contributed by atoms with Gasteiger partial charge in [-0.2, -0.15) is 0 Å². The molecule has 0 radical (unpaired) electrons. The van der Waals surface area contributed by atoms with Crippen molar-refractivity contribution in [3.63, 3.8) is 0 Å². The topological polar surface area (TPSA) is 156 Å². The Hall–Kier alpha value is -2.14. The van der Waals surface area contributed by atoms with Crippen LogP contribution < -0.4 is 16.0 Å². The molecule has 33 heavy (non-hydrogen) atoms. The van der Waals surface area contributed by atoms with E-state index in [1.54, 1.807) is 12.1 Å². The van der Waals surface area contributed by atoms with Gasteiger partial charge in [0.15, 0.2) is 0 Å². The third kappa shape index (κ3) is 6.69. The van der Waals surface area contributed by atoms with Gasteiger partial charge >= 0.3 is 19.1 Å². The number of anilines is 1. The molecule has 2 fully saturated rings. The van der Waals surface area contributed by atoms with Gasteiger partial charge in [0.2, 0.25) is 0 Å². The van der Waals surface area contributed by atoms with Crippen LogP contribution in [-0.4, -0.2) is 70.5 Å². The lowest BCUT2D eigenvalue weighted by Gasteiger charge is -2.45. The van der Waals surface area contributed by atoms with Gasteiger partial charge in [0.05, 0.1) is 5.56 Å². The molecule has 1 saturated carbocycles. The van der Waals surface area contributed by atoms with Crippen molar-refractivity contribution in [3.05, 3.63) is 29.8 Å². The minimum absolute atomic E-state index is 0.0674. The summed E-state index contributed by atoms with van der Waals surface area (Å²) in [5.41, 5.74) is 6.37. The van der Waals surface area contributed by atoms with Crippen LogP contribution in [0.5, 0.6) is 0 Å². The fraction of sp³-hybridized carbons (Fsp3) is 0.652. The number of aromatic carboxylic acids is 1. The van der Waals surface area contributed by atoms with Gasteiger partial charge in [0.1, 0.15) is 5.54 Å². The van der Waals surface area contributed by atoms with Crippen molar-refractivity contribution in [2.45, 2.75) is 62.8 Å². The van der Waals surface area contributed by atoms with E-state index in [0.717, 1.165) is 51.0 Å². The zero-order chi connectivity index (χ0) is 24.0. The molecule has 0 aromatic heterocycles. The van der Waals surface area contributed by atoms with Crippen LogP contribution in [0.15, 0.2) is 24.3 Å². The molecule has 7 N–H and O–H groups in total. The molecule has 1 aliphatic carbocycles. The Morgan fingerprint density at radius 2 is 1.73 bits per heavy atom. The van der Waals surface area contributed by atoms with Gasteiger partial charge in [-0.3, -0.25) is 4.79 Å². The third-order valence-electron chi connectivity index (χ3n) is 7.36. The van der Waals surface area contributed by atoms with Crippen molar-refractivity contribution in [1.29, 1.82) is 0 Å². The minimum atomic E-state index is -1.36. The molecule has 1 aromatic rings. The summed E-state index contributed by atoms with van der Waals surface area (Å²) in [6.45, 7) is 2.77. The normalized spacial score (nSPS) is 22.9. The first kappa shape index (κ1) is 25.5. The summed E-state index contributed by atoms with van der Waals surface area (Å²) < 4.78 is 0. The highest BCUT2D eigenvalue weighted by atomic mass is 16.4. The minimum Gasteiger partial charge on any atom is -0.480 e. The molecule has 3 rings (SSSR count). The summed E-state index contributed by atoms with van der Waals surface area (Å²) >= 11 is 0. The fourth-order valence-electron chi connectivity index (χ4n) is 4.98. The number of benzene rings is 1. The molecule has 1 aromatic carbocycles. The van der Waals surface area contributed by atoms with Crippen molar-refractivity contribution < 1.29 is 29.9 Å². The van der Waals surface area contributed by atoms with Crippen LogP contribution in [0.25, 0.3) is 0 Å². The van der Waals surface area contributed by atoms with E-state index in [4.69, 9.17) is 20.9 Å². The van der Waals surface area contributed by atoms with Crippen LogP contribution in [0.3, 0.4) is 0 Å². The second-order valence-electron chi connectivity index (χ2n) is 9.63. The Bertz CT molecular complexity index is 794. The number of nitrogens with one attached hydrogen (secondary N) is 1. The summed E-state index contributed by atoms with van der Waals surface area (Å²) in [4.78, 5) is 25.1. The molecule has 1 atom stereocenters. The zero-order valence-electron chi connectivity index (χ0n) is 19.0. The lowest BCUT2D eigenvalue weighted by atomic mass is 9.66. The van der Waals surface area contributed by atoms with Crippen LogP contribution in [0.2, 0.25) is 6.32 Å². The van der Waals surface area contributed by atoms with Crippen molar-refractivity contribution in [1.82, 2.24) is 5.32 Å². The van der Waals surface area contributed by atoms with E-state index in [2.05, 4.69) is 10.2 Å². The highest BCUT2D eigenvalue weighted by Crippen LogP contribution is 2.38. The number of carboxylic acids is 2. The molecule has 0 unspecified atom stereocenters. The van der Waals surface area contributed by atoms with E-state index in [-0.39, 0.29) is 18.3 Å². The van der Waals surface area contributed by atoms with E-state index in [0.29, 0.717) is 30.7 Å². The van der Waals surface area contributed by atoms with E-state index in [9.17, 15) is 14.7 Å². The van der Waals surface area contributed by atoms with E-state index >= 15 is 0 Å². The number of nitrogens with zero attached hydrogens (tertiary/aromatic N) is 1. The molecular weight excluding hydrogens is 425 g/mol. The number of piperidine rings is 1. The maximum Gasteiger partial charge on any atom is 0.451 e. The van der Waals surface area contributed by atoms with Crippen LogP contribution in [0, 0.1) is 11.8 Å². The summed E-state index contributed by atoms with van der Waals surface area (Å²) in [5, 5.41) is 40.2. The quantitative estimate of drug-likeness (QED) is 0.200. The number of nitrogens with two attached hydrogens (primary N) is 1. The van der Waals surface area contributed by atoms with Crippen molar-refractivity contribution in [2.24, 2.45) is 17.6 Å². The summed E-state index contributed by atoms with van der Waals surface area (Å²) in [6, 6.07) is 7.30. The highest BCUT2D eigenvalue weighted by molar-refractivity contribution is 6.40. The Morgan fingerprint density at radius 3 is 2.27 bits per heavy atom. The number of aliphatic carboxylic acids is 1. The summed E-state index contributed by atoms with van der Waals surface area (Å²) in [5.74, 6) is -1.40. The zero-order valence-corrected chi connectivity index (χ0v) is 19.0. The predicted octanol–water partition coefficient (Wildman–Crippen LogP) is 1.39. The van der Waals surface area contributed by atoms with Gasteiger partial charge in [-0.15, -0.1) is 0 Å². The van der Waals surface area contributed by atoms with Gasteiger partial charge in [0, 0.05) is 24.8 Å². The second-order valence-corrected chi connectivity index (χ2v) is 9.63. The van der Waals surface area contributed by atoms with Crippen LogP contribution >= 0.6 is 0 Å². The maximum absolute atomic E-state index is 11.8. The largest absolute Gasteiger partial charge is 0.480 e. The maximum atomic E-state index is 11.8. The van der Waals surface area contributed by atoms with E-state index in [1.165, 1.54) is 0 Å². The van der Waals surface area contributed by atoms with E-state index in [1.807, 2.05) is 12.1 Å². The van der Waals surface area contributed by atoms with Crippen LogP contribution in [-0.2, 0) is 4.79 Å². The number of rotatable bonds is 12. The predicted molar refractivity (Wildman–Crippen MR) is 126 cm³/mol. The lowest BCUT2D eigenvalue weighted by molar-refractivity contribution is -0.148. The Labute approximate surface area is 195 Å². The average molecular weight is 461 g/mol. The Kier molecular flexibility index (Phi) is 8.75. The average Bonchev–Trinajstić information content (AvgIpc) is 2.76. The van der Waals surface area contributed by atoms with E-state index < -0.39 is 24.6 Å². The van der Waals surface area contributed by atoms with Crippen LogP contribution in [0.1, 0.15) is 55.3 Å². The smallest absolute Gasteiger partial charge is 0.451 e.